The summed E-state index contributed by atoms with van der Waals surface area (Å²) in [4.78, 5) is 17.0. The molecule has 0 fully saturated rings. The summed E-state index contributed by atoms with van der Waals surface area (Å²) in [5.41, 5.74) is 2.59. The van der Waals surface area contributed by atoms with E-state index in [-0.39, 0.29) is 11.8 Å². The molecule has 2 rings (SSSR count). The summed E-state index contributed by atoms with van der Waals surface area (Å²) in [6.45, 7) is 11.0. The van der Waals surface area contributed by atoms with Gasteiger partial charge in [0, 0.05) is 12.2 Å². The maximum atomic E-state index is 12.5. The quantitative estimate of drug-likeness (QED) is 0.824. The number of hydrogen-bond acceptors (Lipinski definition) is 4. The Bertz CT molecular complexity index is 659. The minimum atomic E-state index is -0.0793. The van der Waals surface area contributed by atoms with Crippen molar-refractivity contribution >= 4 is 17.0 Å². The SMILES string of the molecule is Cc1noc2nc(C(C)C)cc(C(=O)NCCCC(C)C)c12. The van der Waals surface area contributed by atoms with Crippen LogP contribution in [0, 0.1) is 12.8 Å². The fourth-order valence-electron chi connectivity index (χ4n) is 2.40. The topological polar surface area (TPSA) is 68.0 Å². The van der Waals surface area contributed by atoms with Crippen molar-refractivity contribution < 1.29 is 9.32 Å². The van der Waals surface area contributed by atoms with E-state index in [1.54, 1.807) is 0 Å². The number of aryl methyl sites for hydroxylation is 1. The van der Waals surface area contributed by atoms with E-state index in [0.29, 0.717) is 34.8 Å². The van der Waals surface area contributed by atoms with Gasteiger partial charge in [-0.25, -0.2) is 4.98 Å². The first-order valence-corrected chi connectivity index (χ1v) is 7.95. The molecular weight excluding hydrogens is 278 g/mol. The lowest BCUT2D eigenvalue weighted by atomic mass is 10.0. The number of rotatable bonds is 6. The van der Waals surface area contributed by atoms with Gasteiger partial charge < -0.3 is 9.84 Å². The normalized spacial score (nSPS) is 11.6. The smallest absolute Gasteiger partial charge is 0.259 e. The molecule has 0 aromatic carbocycles. The van der Waals surface area contributed by atoms with Crippen LogP contribution in [0.25, 0.3) is 11.1 Å². The molecule has 0 unspecified atom stereocenters. The number of nitrogens with zero attached hydrogens (tertiary/aromatic N) is 2. The van der Waals surface area contributed by atoms with Gasteiger partial charge in [0.25, 0.3) is 11.6 Å². The third-order valence-electron chi connectivity index (χ3n) is 3.72. The van der Waals surface area contributed by atoms with Gasteiger partial charge in [-0.3, -0.25) is 4.79 Å². The molecule has 2 heterocycles. The predicted molar refractivity (Wildman–Crippen MR) is 87.0 cm³/mol. The first-order chi connectivity index (χ1) is 10.4. The van der Waals surface area contributed by atoms with Crippen molar-refractivity contribution in [3.8, 4) is 0 Å². The van der Waals surface area contributed by atoms with Crippen LogP contribution in [0.3, 0.4) is 0 Å². The first kappa shape index (κ1) is 16.5. The lowest BCUT2D eigenvalue weighted by Crippen LogP contribution is -2.25. The summed E-state index contributed by atoms with van der Waals surface area (Å²) in [5, 5.41) is 7.65. The fraction of sp³-hybridized carbons (Fsp3) is 0.588. The Morgan fingerprint density at radius 3 is 2.68 bits per heavy atom. The summed E-state index contributed by atoms with van der Waals surface area (Å²) in [5.74, 6) is 0.795. The number of carbonyl (C=O) groups excluding carboxylic acids is 1. The molecule has 0 saturated carbocycles. The minimum absolute atomic E-state index is 0.0793. The molecule has 120 valence electrons. The van der Waals surface area contributed by atoms with E-state index in [2.05, 4.69) is 29.3 Å². The van der Waals surface area contributed by atoms with Crippen molar-refractivity contribution in [2.45, 2.75) is 53.4 Å². The molecule has 1 N–H and O–H groups in total. The summed E-state index contributed by atoms with van der Waals surface area (Å²) >= 11 is 0. The van der Waals surface area contributed by atoms with Crippen LogP contribution in [0.4, 0.5) is 0 Å². The highest BCUT2D eigenvalue weighted by Gasteiger charge is 2.19. The lowest BCUT2D eigenvalue weighted by molar-refractivity contribution is 0.0954. The molecule has 0 aliphatic rings. The van der Waals surface area contributed by atoms with E-state index >= 15 is 0 Å². The second kappa shape index (κ2) is 6.90. The van der Waals surface area contributed by atoms with Crippen LogP contribution in [0.1, 0.15) is 68.2 Å². The summed E-state index contributed by atoms with van der Waals surface area (Å²) in [6, 6.07) is 1.86. The van der Waals surface area contributed by atoms with Gasteiger partial charge in [0.1, 0.15) is 0 Å². The van der Waals surface area contributed by atoms with Crippen molar-refractivity contribution in [1.29, 1.82) is 0 Å². The average molecular weight is 303 g/mol. The van der Waals surface area contributed by atoms with Crippen LogP contribution in [-0.4, -0.2) is 22.6 Å². The molecule has 0 aliphatic carbocycles. The molecule has 0 aliphatic heterocycles. The van der Waals surface area contributed by atoms with Crippen LogP contribution in [0.5, 0.6) is 0 Å². The van der Waals surface area contributed by atoms with Gasteiger partial charge in [-0.1, -0.05) is 32.9 Å². The molecule has 22 heavy (non-hydrogen) atoms. The van der Waals surface area contributed by atoms with Crippen LogP contribution >= 0.6 is 0 Å². The van der Waals surface area contributed by atoms with Crippen LogP contribution < -0.4 is 5.32 Å². The van der Waals surface area contributed by atoms with E-state index in [9.17, 15) is 4.79 Å². The summed E-state index contributed by atoms with van der Waals surface area (Å²) in [7, 11) is 0. The van der Waals surface area contributed by atoms with Crippen molar-refractivity contribution in [3.05, 3.63) is 23.0 Å². The van der Waals surface area contributed by atoms with Crippen LogP contribution in [0.2, 0.25) is 0 Å². The minimum Gasteiger partial charge on any atom is -0.352 e. The van der Waals surface area contributed by atoms with Gasteiger partial charge in [0.2, 0.25) is 0 Å². The molecule has 0 spiro atoms. The second-order valence-corrected chi connectivity index (χ2v) is 6.49. The average Bonchev–Trinajstić information content (AvgIpc) is 2.84. The van der Waals surface area contributed by atoms with Crippen molar-refractivity contribution in [2.24, 2.45) is 5.92 Å². The van der Waals surface area contributed by atoms with Crippen LogP contribution in [-0.2, 0) is 0 Å². The van der Waals surface area contributed by atoms with Gasteiger partial charge in [-0.2, -0.15) is 0 Å². The molecule has 0 bridgehead atoms. The molecule has 5 heteroatoms. The molecule has 0 radical (unpaired) electrons. The molecule has 0 atom stereocenters. The van der Waals surface area contributed by atoms with E-state index in [1.807, 2.05) is 26.8 Å². The number of amides is 1. The maximum Gasteiger partial charge on any atom is 0.259 e. The summed E-state index contributed by atoms with van der Waals surface area (Å²) in [6.07, 6.45) is 2.09. The van der Waals surface area contributed by atoms with Crippen molar-refractivity contribution in [1.82, 2.24) is 15.5 Å². The third-order valence-corrected chi connectivity index (χ3v) is 3.72. The highest BCUT2D eigenvalue weighted by atomic mass is 16.5. The Kier molecular flexibility index (Phi) is 5.16. The maximum absolute atomic E-state index is 12.5. The number of aromatic nitrogens is 2. The number of fused-ring (bicyclic) bond motifs is 1. The van der Waals surface area contributed by atoms with Crippen molar-refractivity contribution in [3.63, 3.8) is 0 Å². The standard InChI is InChI=1S/C17H25N3O2/c1-10(2)7-6-8-18-16(21)13-9-14(11(3)4)19-17-15(13)12(5)20-22-17/h9-11H,6-8H2,1-5H3,(H,18,21). The summed E-state index contributed by atoms with van der Waals surface area (Å²) < 4.78 is 5.25. The highest BCUT2D eigenvalue weighted by molar-refractivity contribution is 6.06. The number of hydrogen-bond donors (Lipinski definition) is 1. The molecule has 1 amide bonds. The van der Waals surface area contributed by atoms with E-state index in [0.717, 1.165) is 18.5 Å². The fourth-order valence-corrected chi connectivity index (χ4v) is 2.40. The van der Waals surface area contributed by atoms with E-state index in [4.69, 9.17) is 4.52 Å². The molecule has 2 aromatic heterocycles. The predicted octanol–water partition coefficient (Wildman–Crippen LogP) is 3.82. The third kappa shape index (κ3) is 3.64. The Hall–Kier alpha value is -1.91. The van der Waals surface area contributed by atoms with Crippen LogP contribution in [0.15, 0.2) is 10.6 Å². The number of nitrogens with one attached hydrogen (secondary N) is 1. The second-order valence-electron chi connectivity index (χ2n) is 6.49. The van der Waals surface area contributed by atoms with Gasteiger partial charge >= 0.3 is 0 Å². The number of pyridine rings is 1. The zero-order chi connectivity index (χ0) is 16.3. The van der Waals surface area contributed by atoms with Gasteiger partial charge in [-0.15, -0.1) is 0 Å². The highest BCUT2D eigenvalue weighted by Crippen LogP contribution is 2.25. The zero-order valence-corrected chi connectivity index (χ0v) is 14.1. The Morgan fingerprint density at radius 2 is 2.05 bits per heavy atom. The Labute approximate surface area is 131 Å². The molecule has 0 saturated heterocycles. The monoisotopic (exact) mass is 303 g/mol. The van der Waals surface area contributed by atoms with E-state index < -0.39 is 0 Å². The zero-order valence-electron chi connectivity index (χ0n) is 14.1. The Balaban J connectivity index is 2.24. The number of carbonyl (C=O) groups is 1. The first-order valence-electron chi connectivity index (χ1n) is 7.95. The van der Waals surface area contributed by atoms with Crippen molar-refractivity contribution in [2.75, 3.05) is 6.54 Å². The molecular formula is C17H25N3O2. The molecule has 5 nitrogen and oxygen atoms in total. The lowest BCUT2D eigenvalue weighted by Gasteiger charge is -2.10. The van der Waals surface area contributed by atoms with Gasteiger partial charge in [0.05, 0.1) is 16.6 Å². The van der Waals surface area contributed by atoms with Gasteiger partial charge in [-0.05, 0) is 37.7 Å². The Morgan fingerprint density at radius 1 is 1.32 bits per heavy atom. The van der Waals surface area contributed by atoms with E-state index in [1.165, 1.54) is 0 Å². The molecule has 2 aromatic rings. The largest absolute Gasteiger partial charge is 0.352 e. The van der Waals surface area contributed by atoms with Gasteiger partial charge in [0.15, 0.2) is 0 Å².